The van der Waals surface area contributed by atoms with Crippen molar-refractivity contribution in [3.8, 4) is 0 Å². The number of amides is 1. The van der Waals surface area contributed by atoms with Crippen LogP contribution in [0.5, 0.6) is 0 Å². The lowest BCUT2D eigenvalue weighted by molar-refractivity contribution is 0.0790. The van der Waals surface area contributed by atoms with Gasteiger partial charge in [0.2, 0.25) is 0 Å². The van der Waals surface area contributed by atoms with Crippen molar-refractivity contribution >= 4 is 6.09 Å². The van der Waals surface area contributed by atoms with E-state index in [1.807, 2.05) is 36.4 Å². The molecule has 102 valence electrons. The van der Waals surface area contributed by atoms with Crippen LogP contribution in [0.1, 0.15) is 5.56 Å². The van der Waals surface area contributed by atoms with Crippen LogP contribution < -0.4 is 0 Å². The lowest BCUT2D eigenvalue weighted by Crippen LogP contribution is -2.30. The maximum atomic E-state index is 12.0. The third kappa shape index (κ3) is 3.35. The molecule has 1 amide bonds. The molecule has 0 bridgehead atoms. The first-order chi connectivity index (χ1) is 9.24. The number of methoxy groups -OCH3 is 1. The van der Waals surface area contributed by atoms with Crippen LogP contribution in [0.15, 0.2) is 43.0 Å². The lowest BCUT2D eigenvalue weighted by Gasteiger charge is -2.15. The number of hydrogen-bond donors (Lipinski definition) is 0. The Morgan fingerprint density at radius 2 is 2.16 bits per heavy atom. The highest BCUT2D eigenvalue weighted by Gasteiger charge is 2.34. The van der Waals surface area contributed by atoms with E-state index < -0.39 is 0 Å². The number of likely N-dealkylation sites (tertiary alicyclic amines) is 1. The smallest absolute Gasteiger partial charge is 0.410 e. The molecule has 1 aromatic rings. The molecule has 0 N–H and O–H groups in total. The minimum atomic E-state index is -0.296. The van der Waals surface area contributed by atoms with Gasteiger partial charge in [-0.3, -0.25) is 0 Å². The van der Waals surface area contributed by atoms with Gasteiger partial charge in [-0.05, 0) is 5.56 Å². The number of ether oxygens (including phenoxy) is 2. The Bertz CT molecular complexity index is 432. The third-order valence-electron chi connectivity index (χ3n) is 3.38. The Morgan fingerprint density at radius 3 is 2.74 bits per heavy atom. The van der Waals surface area contributed by atoms with Crippen molar-refractivity contribution in [2.75, 3.05) is 20.2 Å². The number of carbonyl (C=O) groups is 1. The van der Waals surface area contributed by atoms with Gasteiger partial charge in [0, 0.05) is 19.6 Å². The molecule has 2 rings (SSSR count). The average Bonchev–Trinajstić information content (AvgIpc) is 2.89. The van der Waals surface area contributed by atoms with Gasteiger partial charge < -0.3 is 14.4 Å². The van der Waals surface area contributed by atoms with Gasteiger partial charge in [-0.15, -0.1) is 6.58 Å². The van der Waals surface area contributed by atoms with E-state index in [4.69, 9.17) is 9.47 Å². The normalized spacial score (nSPS) is 22.3. The second-order valence-electron chi connectivity index (χ2n) is 4.62. The summed E-state index contributed by atoms with van der Waals surface area (Å²) in [5.74, 6) is 0.175. The van der Waals surface area contributed by atoms with E-state index in [2.05, 4.69) is 6.58 Å². The van der Waals surface area contributed by atoms with Gasteiger partial charge in [0.15, 0.2) is 0 Å². The topological polar surface area (TPSA) is 38.8 Å². The molecule has 1 aliphatic rings. The molecule has 1 fully saturated rings. The van der Waals surface area contributed by atoms with Gasteiger partial charge in [0.1, 0.15) is 6.61 Å². The summed E-state index contributed by atoms with van der Waals surface area (Å²) < 4.78 is 10.6. The highest BCUT2D eigenvalue weighted by Crippen LogP contribution is 2.21. The zero-order valence-electron chi connectivity index (χ0n) is 11.1. The van der Waals surface area contributed by atoms with E-state index in [9.17, 15) is 4.79 Å². The summed E-state index contributed by atoms with van der Waals surface area (Å²) >= 11 is 0. The van der Waals surface area contributed by atoms with Crippen LogP contribution in [-0.2, 0) is 16.1 Å². The average molecular weight is 261 g/mol. The molecule has 0 unspecified atom stereocenters. The van der Waals surface area contributed by atoms with Crippen molar-refractivity contribution in [3.63, 3.8) is 0 Å². The Morgan fingerprint density at radius 1 is 1.42 bits per heavy atom. The monoisotopic (exact) mass is 261 g/mol. The molecule has 1 saturated heterocycles. The Labute approximate surface area is 113 Å². The van der Waals surface area contributed by atoms with E-state index >= 15 is 0 Å². The molecule has 1 heterocycles. The summed E-state index contributed by atoms with van der Waals surface area (Å²) in [4.78, 5) is 13.6. The van der Waals surface area contributed by atoms with Crippen molar-refractivity contribution < 1.29 is 14.3 Å². The molecule has 2 atom stereocenters. The van der Waals surface area contributed by atoms with E-state index in [1.54, 1.807) is 12.0 Å². The van der Waals surface area contributed by atoms with Crippen LogP contribution in [0, 0.1) is 5.92 Å². The Balaban J connectivity index is 1.86. The molecule has 0 spiro atoms. The van der Waals surface area contributed by atoms with Crippen LogP contribution in [0.2, 0.25) is 0 Å². The molecule has 19 heavy (non-hydrogen) atoms. The number of rotatable bonds is 4. The van der Waals surface area contributed by atoms with Crippen molar-refractivity contribution in [1.29, 1.82) is 0 Å². The van der Waals surface area contributed by atoms with Gasteiger partial charge in [0.05, 0.1) is 12.6 Å². The van der Waals surface area contributed by atoms with Crippen LogP contribution in [0.25, 0.3) is 0 Å². The molecule has 0 aromatic heterocycles. The van der Waals surface area contributed by atoms with E-state index in [1.165, 1.54) is 0 Å². The van der Waals surface area contributed by atoms with E-state index in [0.717, 1.165) is 5.56 Å². The van der Waals surface area contributed by atoms with Crippen LogP contribution in [0.3, 0.4) is 0 Å². The fourth-order valence-electron chi connectivity index (χ4n) is 2.23. The Kier molecular flexibility index (Phi) is 4.58. The molecule has 0 radical (unpaired) electrons. The minimum absolute atomic E-state index is 0.0155. The molecular weight excluding hydrogens is 242 g/mol. The van der Waals surface area contributed by atoms with Crippen LogP contribution >= 0.6 is 0 Å². The summed E-state index contributed by atoms with van der Waals surface area (Å²) in [7, 11) is 1.65. The van der Waals surface area contributed by atoms with Crippen molar-refractivity contribution in [3.05, 3.63) is 48.6 Å². The Hall–Kier alpha value is -1.81. The lowest BCUT2D eigenvalue weighted by atomic mass is 10.1. The highest BCUT2D eigenvalue weighted by molar-refractivity contribution is 5.68. The second-order valence-corrected chi connectivity index (χ2v) is 4.62. The van der Waals surface area contributed by atoms with Crippen LogP contribution in [-0.4, -0.2) is 37.3 Å². The largest absolute Gasteiger partial charge is 0.445 e. The van der Waals surface area contributed by atoms with Gasteiger partial charge in [-0.25, -0.2) is 4.79 Å². The maximum Gasteiger partial charge on any atom is 0.410 e. The van der Waals surface area contributed by atoms with E-state index in [-0.39, 0.29) is 18.1 Å². The minimum Gasteiger partial charge on any atom is -0.445 e. The van der Waals surface area contributed by atoms with Crippen LogP contribution in [0.4, 0.5) is 4.79 Å². The number of benzene rings is 1. The first kappa shape index (κ1) is 13.6. The zero-order chi connectivity index (χ0) is 13.7. The summed E-state index contributed by atoms with van der Waals surface area (Å²) in [6, 6.07) is 9.65. The third-order valence-corrected chi connectivity index (χ3v) is 3.38. The van der Waals surface area contributed by atoms with Gasteiger partial charge in [-0.2, -0.15) is 0 Å². The standard InChI is InChI=1S/C15H19NO3/c1-3-13-9-16(10-14(13)18-2)15(17)19-11-12-7-5-4-6-8-12/h3-8,13-14H,1,9-11H2,2H3/t13-,14-/m1/s1. The molecule has 0 saturated carbocycles. The first-order valence-electron chi connectivity index (χ1n) is 6.35. The zero-order valence-corrected chi connectivity index (χ0v) is 11.1. The second kappa shape index (κ2) is 6.38. The maximum absolute atomic E-state index is 12.0. The SMILES string of the molecule is C=C[C@@H]1CN(C(=O)OCc2ccccc2)C[C@H]1OC. The quantitative estimate of drug-likeness (QED) is 0.781. The molecule has 0 aliphatic carbocycles. The molecular formula is C15H19NO3. The number of nitrogens with zero attached hydrogens (tertiary/aromatic N) is 1. The molecule has 4 heteroatoms. The van der Waals surface area contributed by atoms with Crippen molar-refractivity contribution in [1.82, 2.24) is 4.90 Å². The fourth-order valence-corrected chi connectivity index (χ4v) is 2.23. The summed E-state index contributed by atoms with van der Waals surface area (Å²) in [6.45, 7) is 5.23. The highest BCUT2D eigenvalue weighted by atomic mass is 16.6. The van der Waals surface area contributed by atoms with Gasteiger partial charge >= 0.3 is 6.09 Å². The molecule has 1 aromatic carbocycles. The molecule has 1 aliphatic heterocycles. The van der Waals surface area contributed by atoms with E-state index in [0.29, 0.717) is 19.7 Å². The van der Waals surface area contributed by atoms with Crippen molar-refractivity contribution in [2.45, 2.75) is 12.7 Å². The fraction of sp³-hybridized carbons (Fsp3) is 0.400. The number of hydrogen-bond acceptors (Lipinski definition) is 3. The predicted molar refractivity (Wildman–Crippen MR) is 72.7 cm³/mol. The molecule has 4 nitrogen and oxygen atoms in total. The predicted octanol–water partition coefficient (Wildman–Crippen LogP) is 2.46. The summed E-state index contributed by atoms with van der Waals surface area (Å²) in [6.07, 6.45) is 1.55. The first-order valence-corrected chi connectivity index (χ1v) is 6.35. The summed E-state index contributed by atoms with van der Waals surface area (Å²) in [5.41, 5.74) is 0.985. The number of carbonyl (C=O) groups excluding carboxylic acids is 1. The van der Waals surface area contributed by atoms with Gasteiger partial charge in [0.25, 0.3) is 0 Å². The van der Waals surface area contributed by atoms with Crippen molar-refractivity contribution in [2.24, 2.45) is 5.92 Å². The van der Waals surface area contributed by atoms with Gasteiger partial charge in [-0.1, -0.05) is 36.4 Å². The summed E-state index contributed by atoms with van der Waals surface area (Å²) in [5, 5.41) is 0.